The van der Waals surface area contributed by atoms with Crippen molar-refractivity contribution < 1.29 is 9.21 Å². The van der Waals surface area contributed by atoms with E-state index < -0.39 is 0 Å². The van der Waals surface area contributed by atoms with Gasteiger partial charge in [-0.15, -0.1) is 24.0 Å². The summed E-state index contributed by atoms with van der Waals surface area (Å²) in [5, 5.41) is 9.53. The third-order valence-electron chi connectivity index (χ3n) is 4.84. The van der Waals surface area contributed by atoms with Crippen molar-refractivity contribution in [2.45, 2.75) is 26.3 Å². The lowest BCUT2D eigenvalue weighted by Gasteiger charge is -2.17. The number of aliphatic imine (C=N–C) groups is 1. The molecule has 0 saturated heterocycles. The van der Waals surface area contributed by atoms with Crippen LogP contribution in [0, 0.1) is 6.92 Å². The van der Waals surface area contributed by atoms with Gasteiger partial charge in [-0.2, -0.15) is 0 Å². The minimum absolute atomic E-state index is 0. The molecule has 164 valence electrons. The highest BCUT2D eigenvalue weighted by molar-refractivity contribution is 14.0. The first kappa shape index (κ1) is 24.5. The SMILES string of the molecule is CN=C(NCc1cccc(NC(=O)c2ccco2)c1)NCC(C)c1ccc(C)cc1.I. The van der Waals surface area contributed by atoms with Crippen molar-refractivity contribution in [3.63, 3.8) is 0 Å². The molecular formula is C24H29IN4O2. The predicted molar refractivity (Wildman–Crippen MR) is 136 cm³/mol. The van der Waals surface area contributed by atoms with Crippen molar-refractivity contribution in [3.05, 3.63) is 89.4 Å². The summed E-state index contributed by atoms with van der Waals surface area (Å²) in [4.78, 5) is 16.4. The maximum Gasteiger partial charge on any atom is 0.291 e. The molecule has 1 amide bonds. The monoisotopic (exact) mass is 532 g/mol. The Hall–Kier alpha value is -2.81. The van der Waals surface area contributed by atoms with E-state index >= 15 is 0 Å². The molecule has 0 bridgehead atoms. The number of aryl methyl sites for hydroxylation is 1. The summed E-state index contributed by atoms with van der Waals surface area (Å²) in [6.45, 7) is 5.65. The molecule has 3 aromatic rings. The Labute approximate surface area is 200 Å². The van der Waals surface area contributed by atoms with Crippen LogP contribution >= 0.6 is 24.0 Å². The molecule has 0 aliphatic heterocycles. The summed E-state index contributed by atoms with van der Waals surface area (Å²) in [6, 6.07) is 19.6. The Kier molecular flexibility index (Phi) is 9.58. The maximum absolute atomic E-state index is 12.1. The maximum atomic E-state index is 12.1. The minimum Gasteiger partial charge on any atom is -0.459 e. The zero-order chi connectivity index (χ0) is 21.3. The largest absolute Gasteiger partial charge is 0.459 e. The standard InChI is InChI=1S/C24H28N4O2.HI/c1-17-9-11-20(12-10-17)18(2)15-26-24(25-3)27-16-19-6-4-7-21(14-19)28-23(29)22-8-5-13-30-22;/h4-14,18H,15-16H2,1-3H3,(H,28,29)(H2,25,26,27);1H. The molecule has 2 aromatic carbocycles. The molecule has 1 atom stereocenters. The van der Waals surface area contributed by atoms with Crippen LogP contribution in [-0.2, 0) is 6.54 Å². The van der Waals surface area contributed by atoms with Crippen molar-refractivity contribution in [2.24, 2.45) is 4.99 Å². The van der Waals surface area contributed by atoms with Crippen LogP contribution in [0.25, 0.3) is 0 Å². The van der Waals surface area contributed by atoms with Crippen LogP contribution in [0.3, 0.4) is 0 Å². The van der Waals surface area contributed by atoms with Gasteiger partial charge in [-0.3, -0.25) is 9.79 Å². The van der Waals surface area contributed by atoms with Crippen LogP contribution in [0.5, 0.6) is 0 Å². The number of amides is 1. The van der Waals surface area contributed by atoms with Crippen LogP contribution in [0.1, 0.15) is 40.1 Å². The van der Waals surface area contributed by atoms with E-state index in [1.807, 2.05) is 24.3 Å². The van der Waals surface area contributed by atoms with Crippen molar-refractivity contribution in [3.8, 4) is 0 Å². The first-order valence-electron chi connectivity index (χ1n) is 10.00. The summed E-state index contributed by atoms with van der Waals surface area (Å²) in [7, 11) is 1.76. The summed E-state index contributed by atoms with van der Waals surface area (Å²) in [5.74, 6) is 1.11. The van der Waals surface area contributed by atoms with E-state index in [1.165, 1.54) is 17.4 Å². The highest BCUT2D eigenvalue weighted by Crippen LogP contribution is 2.15. The molecule has 31 heavy (non-hydrogen) atoms. The molecule has 0 radical (unpaired) electrons. The average molecular weight is 532 g/mol. The highest BCUT2D eigenvalue weighted by atomic mass is 127. The molecule has 0 aliphatic rings. The number of nitrogens with zero attached hydrogens (tertiary/aromatic N) is 1. The van der Waals surface area contributed by atoms with Crippen LogP contribution in [0.15, 0.2) is 76.3 Å². The number of guanidine groups is 1. The van der Waals surface area contributed by atoms with Crippen LogP contribution in [0.2, 0.25) is 0 Å². The Morgan fingerprint density at radius 1 is 1.06 bits per heavy atom. The van der Waals surface area contributed by atoms with Crippen molar-refractivity contribution in [1.29, 1.82) is 0 Å². The van der Waals surface area contributed by atoms with E-state index in [0.717, 1.165) is 18.1 Å². The van der Waals surface area contributed by atoms with Gasteiger partial charge in [0.1, 0.15) is 0 Å². The molecule has 0 fully saturated rings. The second kappa shape index (κ2) is 12.1. The van der Waals surface area contributed by atoms with Gasteiger partial charge in [-0.1, -0.05) is 48.9 Å². The quantitative estimate of drug-likeness (QED) is 0.229. The Morgan fingerprint density at radius 3 is 2.52 bits per heavy atom. The zero-order valence-electron chi connectivity index (χ0n) is 18.0. The van der Waals surface area contributed by atoms with Gasteiger partial charge in [-0.25, -0.2) is 0 Å². The van der Waals surface area contributed by atoms with Gasteiger partial charge in [0.15, 0.2) is 11.7 Å². The van der Waals surface area contributed by atoms with Gasteiger partial charge in [0, 0.05) is 25.8 Å². The molecule has 0 aliphatic carbocycles. The number of nitrogens with one attached hydrogen (secondary N) is 3. The fourth-order valence-corrected chi connectivity index (χ4v) is 3.03. The Morgan fingerprint density at radius 2 is 1.84 bits per heavy atom. The first-order chi connectivity index (χ1) is 14.5. The average Bonchev–Trinajstić information content (AvgIpc) is 3.29. The molecule has 1 unspecified atom stereocenters. The third-order valence-corrected chi connectivity index (χ3v) is 4.84. The summed E-state index contributed by atoms with van der Waals surface area (Å²) < 4.78 is 5.13. The number of rotatable bonds is 7. The zero-order valence-corrected chi connectivity index (χ0v) is 20.3. The van der Waals surface area contributed by atoms with Crippen molar-refractivity contribution >= 4 is 41.5 Å². The Balaban J connectivity index is 0.00000341. The van der Waals surface area contributed by atoms with E-state index in [2.05, 4.69) is 59.1 Å². The van der Waals surface area contributed by atoms with E-state index in [0.29, 0.717) is 18.2 Å². The van der Waals surface area contributed by atoms with E-state index in [9.17, 15) is 4.79 Å². The van der Waals surface area contributed by atoms with Crippen LogP contribution in [0.4, 0.5) is 5.69 Å². The van der Waals surface area contributed by atoms with Gasteiger partial charge in [-0.05, 0) is 48.2 Å². The summed E-state index contributed by atoms with van der Waals surface area (Å²) in [6.07, 6.45) is 1.48. The number of hydrogen-bond donors (Lipinski definition) is 3. The fraction of sp³-hybridized carbons (Fsp3) is 0.250. The smallest absolute Gasteiger partial charge is 0.291 e. The summed E-state index contributed by atoms with van der Waals surface area (Å²) in [5.41, 5.74) is 4.30. The van der Waals surface area contributed by atoms with Gasteiger partial charge in [0.25, 0.3) is 5.91 Å². The molecule has 3 rings (SSSR count). The molecule has 6 nitrogen and oxygen atoms in total. The van der Waals surface area contributed by atoms with Crippen LogP contribution < -0.4 is 16.0 Å². The highest BCUT2D eigenvalue weighted by Gasteiger charge is 2.09. The third kappa shape index (κ3) is 7.43. The number of hydrogen-bond acceptors (Lipinski definition) is 3. The molecule has 0 saturated carbocycles. The van der Waals surface area contributed by atoms with Gasteiger partial charge >= 0.3 is 0 Å². The number of anilines is 1. The normalized spacial score (nSPS) is 11.9. The lowest BCUT2D eigenvalue weighted by atomic mass is 10.0. The number of benzene rings is 2. The lowest BCUT2D eigenvalue weighted by molar-refractivity contribution is 0.0996. The minimum atomic E-state index is -0.271. The molecular weight excluding hydrogens is 503 g/mol. The second-order valence-electron chi connectivity index (χ2n) is 7.25. The van der Waals surface area contributed by atoms with Gasteiger partial charge in [0.2, 0.25) is 0 Å². The number of carbonyl (C=O) groups is 1. The van der Waals surface area contributed by atoms with Crippen LogP contribution in [-0.4, -0.2) is 25.5 Å². The molecule has 7 heteroatoms. The molecule has 1 heterocycles. The Bertz CT molecular complexity index is 985. The fourth-order valence-electron chi connectivity index (χ4n) is 3.03. The van der Waals surface area contributed by atoms with E-state index in [1.54, 1.807) is 19.2 Å². The predicted octanol–water partition coefficient (Wildman–Crippen LogP) is 4.93. The molecule has 3 N–H and O–H groups in total. The van der Waals surface area contributed by atoms with E-state index in [-0.39, 0.29) is 35.6 Å². The molecule has 0 spiro atoms. The first-order valence-corrected chi connectivity index (χ1v) is 10.00. The van der Waals surface area contributed by atoms with Crippen molar-refractivity contribution in [1.82, 2.24) is 10.6 Å². The number of halogens is 1. The lowest BCUT2D eigenvalue weighted by Crippen LogP contribution is -2.38. The van der Waals surface area contributed by atoms with E-state index in [4.69, 9.17) is 4.42 Å². The van der Waals surface area contributed by atoms with Crippen molar-refractivity contribution in [2.75, 3.05) is 18.9 Å². The van der Waals surface area contributed by atoms with Gasteiger partial charge < -0.3 is 20.4 Å². The number of carbonyl (C=O) groups excluding carboxylic acids is 1. The summed E-state index contributed by atoms with van der Waals surface area (Å²) >= 11 is 0. The van der Waals surface area contributed by atoms with Gasteiger partial charge in [0.05, 0.1) is 6.26 Å². The number of furan rings is 1. The topological polar surface area (TPSA) is 78.7 Å². The second-order valence-corrected chi connectivity index (χ2v) is 7.25. The molecule has 1 aromatic heterocycles.